The molecule has 0 atom stereocenters. The van der Waals surface area contributed by atoms with E-state index in [1.807, 2.05) is 38.1 Å². The average molecular weight is 320 g/mol. The van der Waals surface area contributed by atoms with Crippen molar-refractivity contribution >= 4 is 27.2 Å². The molecule has 2 aromatic carbocycles. The van der Waals surface area contributed by atoms with Crippen LogP contribution in [0, 0.1) is 13.8 Å². The standard InChI is InChI=1S/C16H16O3S2/c1-12-3-7-14(8-4-12)16(20)11-19-21(17,18)15-9-5-13(2)6-10-15/h3-10H,11H2,1-2H3. The van der Waals surface area contributed by atoms with Gasteiger partial charge in [-0.25, -0.2) is 0 Å². The van der Waals surface area contributed by atoms with Crippen LogP contribution in [0.5, 0.6) is 0 Å². The highest BCUT2D eigenvalue weighted by molar-refractivity contribution is 7.87. The fourth-order valence-corrected chi connectivity index (χ4v) is 2.87. The summed E-state index contributed by atoms with van der Waals surface area (Å²) in [7, 11) is -3.78. The van der Waals surface area contributed by atoms with Gasteiger partial charge in [-0.3, -0.25) is 4.18 Å². The number of benzene rings is 2. The van der Waals surface area contributed by atoms with Crippen LogP contribution in [0.3, 0.4) is 0 Å². The van der Waals surface area contributed by atoms with Crippen LogP contribution < -0.4 is 0 Å². The Morgan fingerprint density at radius 2 is 1.43 bits per heavy atom. The Balaban J connectivity index is 2.06. The number of hydrogen-bond acceptors (Lipinski definition) is 4. The normalized spacial score (nSPS) is 11.3. The predicted molar refractivity (Wildman–Crippen MR) is 87.2 cm³/mol. The molecule has 21 heavy (non-hydrogen) atoms. The Labute approximate surface area is 130 Å². The maximum atomic E-state index is 12.1. The molecule has 3 nitrogen and oxygen atoms in total. The molecule has 0 aliphatic carbocycles. The van der Waals surface area contributed by atoms with E-state index >= 15 is 0 Å². The van der Waals surface area contributed by atoms with Crippen LogP contribution in [0.15, 0.2) is 53.4 Å². The quantitative estimate of drug-likeness (QED) is 0.481. The van der Waals surface area contributed by atoms with E-state index in [0.717, 1.165) is 16.7 Å². The maximum Gasteiger partial charge on any atom is 0.297 e. The van der Waals surface area contributed by atoms with Crippen LogP contribution >= 0.6 is 12.2 Å². The molecule has 110 valence electrons. The second-order valence-corrected chi connectivity index (χ2v) is 6.93. The van der Waals surface area contributed by atoms with E-state index in [9.17, 15) is 8.42 Å². The first-order valence-electron chi connectivity index (χ1n) is 6.44. The Morgan fingerprint density at radius 1 is 0.952 bits per heavy atom. The van der Waals surface area contributed by atoms with Crippen molar-refractivity contribution in [1.82, 2.24) is 0 Å². The highest BCUT2D eigenvalue weighted by atomic mass is 32.2. The number of aryl methyl sites for hydroxylation is 2. The molecule has 0 aliphatic rings. The van der Waals surface area contributed by atoms with Crippen LogP contribution in [0.1, 0.15) is 16.7 Å². The van der Waals surface area contributed by atoms with Crippen LogP contribution in [0.25, 0.3) is 0 Å². The maximum absolute atomic E-state index is 12.1. The molecule has 0 aromatic heterocycles. The first-order chi connectivity index (χ1) is 9.88. The predicted octanol–water partition coefficient (Wildman–Crippen LogP) is 3.43. The third kappa shape index (κ3) is 4.20. The summed E-state index contributed by atoms with van der Waals surface area (Å²) in [4.78, 5) is 0.602. The van der Waals surface area contributed by atoms with E-state index in [4.69, 9.17) is 16.4 Å². The van der Waals surface area contributed by atoms with Gasteiger partial charge in [0.25, 0.3) is 10.1 Å². The fraction of sp³-hybridized carbons (Fsp3) is 0.188. The molecule has 0 spiro atoms. The lowest BCUT2D eigenvalue weighted by Crippen LogP contribution is -2.14. The number of hydrogen-bond donors (Lipinski definition) is 0. The summed E-state index contributed by atoms with van der Waals surface area (Å²) in [5, 5.41) is 0. The monoisotopic (exact) mass is 320 g/mol. The first kappa shape index (κ1) is 15.8. The second-order valence-electron chi connectivity index (χ2n) is 4.82. The molecule has 0 aliphatic heterocycles. The summed E-state index contributed by atoms with van der Waals surface area (Å²) in [5.74, 6) is 0. The van der Waals surface area contributed by atoms with Gasteiger partial charge < -0.3 is 0 Å². The van der Waals surface area contributed by atoms with Gasteiger partial charge in [-0.1, -0.05) is 59.7 Å². The van der Waals surface area contributed by atoms with Crippen molar-refractivity contribution in [3.63, 3.8) is 0 Å². The largest absolute Gasteiger partial charge is 0.297 e. The molecule has 0 saturated heterocycles. The second kappa shape index (κ2) is 6.47. The molecule has 0 N–H and O–H groups in total. The smallest absolute Gasteiger partial charge is 0.261 e. The minimum atomic E-state index is -3.78. The third-order valence-electron chi connectivity index (χ3n) is 3.03. The van der Waals surface area contributed by atoms with Crippen molar-refractivity contribution in [1.29, 1.82) is 0 Å². The minimum Gasteiger partial charge on any atom is -0.261 e. The SMILES string of the molecule is Cc1ccc(C(=S)COS(=O)(=O)c2ccc(C)cc2)cc1. The Hall–Kier alpha value is -1.56. The molecule has 0 heterocycles. The van der Waals surface area contributed by atoms with E-state index in [0.29, 0.717) is 4.86 Å². The van der Waals surface area contributed by atoms with Gasteiger partial charge in [-0.05, 0) is 31.5 Å². The van der Waals surface area contributed by atoms with Crippen molar-refractivity contribution < 1.29 is 12.6 Å². The molecule has 0 radical (unpaired) electrons. The zero-order valence-corrected chi connectivity index (χ0v) is 13.5. The Bertz CT molecular complexity index is 730. The van der Waals surface area contributed by atoms with Crippen molar-refractivity contribution in [3.05, 3.63) is 65.2 Å². The summed E-state index contributed by atoms with van der Waals surface area (Å²) in [6.45, 7) is 3.74. The van der Waals surface area contributed by atoms with Gasteiger partial charge in [0.05, 0.1) is 4.90 Å². The van der Waals surface area contributed by atoms with E-state index in [-0.39, 0.29) is 11.5 Å². The van der Waals surface area contributed by atoms with Crippen molar-refractivity contribution in [2.24, 2.45) is 0 Å². The van der Waals surface area contributed by atoms with E-state index in [1.165, 1.54) is 12.1 Å². The summed E-state index contributed by atoms with van der Waals surface area (Å²) in [6.07, 6.45) is 0. The summed E-state index contributed by atoms with van der Waals surface area (Å²) < 4.78 is 29.1. The summed E-state index contributed by atoms with van der Waals surface area (Å²) in [5.41, 5.74) is 2.91. The van der Waals surface area contributed by atoms with Crippen molar-refractivity contribution in [2.45, 2.75) is 18.7 Å². The van der Waals surface area contributed by atoms with Gasteiger partial charge in [-0.15, -0.1) is 0 Å². The van der Waals surface area contributed by atoms with E-state index in [2.05, 4.69) is 0 Å². The van der Waals surface area contributed by atoms with Crippen LogP contribution in [0.2, 0.25) is 0 Å². The highest BCUT2D eigenvalue weighted by Crippen LogP contribution is 2.14. The Morgan fingerprint density at radius 3 is 1.95 bits per heavy atom. The molecule has 0 unspecified atom stereocenters. The van der Waals surface area contributed by atoms with Crippen molar-refractivity contribution in [2.75, 3.05) is 6.61 Å². The van der Waals surface area contributed by atoms with Crippen LogP contribution in [0.4, 0.5) is 0 Å². The summed E-state index contributed by atoms with van der Waals surface area (Å²) >= 11 is 5.21. The number of thiocarbonyl (C=S) groups is 1. The lowest BCUT2D eigenvalue weighted by atomic mass is 10.1. The highest BCUT2D eigenvalue weighted by Gasteiger charge is 2.16. The zero-order valence-electron chi connectivity index (χ0n) is 11.9. The first-order valence-corrected chi connectivity index (χ1v) is 8.26. The zero-order chi connectivity index (χ0) is 15.5. The van der Waals surface area contributed by atoms with Gasteiger partial charge in [0, 0.05) is 4.86 Å². The molecule has 0 amide bonds. The van der Waals surface area contributed by atoms with E-state index < -0.39 is 10.1 Å². The molecule has 0 saturated carbocycles. The van der Waals surface area contributed by atoms with Crippen LogP contribution in [-0.4, -0.2) is 19.9 Å². The molecular weight excluding hydrogens is 304 g/mol. The Kier molecular flexibility index (Phi) is 4.88. The van der Waals surface area contributed by atoms with Gasteiger partial charge in [0.2, 0.25) is 0 Å². The van der Waals surface area contributed by atoms with Gasteiger partial charge in [0.1, 0.15) is 6.61 Å². The molecule has 2 rings (SSSR count). The average Bonchev–Trinajstić information content (AvgIpc) is 2.46. The summed E-state index contributed by atoms with van der Waals surface area (Å²) in [6, 6.07) is 14.1. The minimum absolute atomic E-state index is 0.130. The van der Waals surface area contributed by atoms with Gasteiger partial charge in [-0.2, -0.15) is 8.42 Å². The molecule has 0 bridgehead atoms. The van der Waals surface area contributed by atoms with E-state index in [1.54, 1.807) is 12.1 Å². The van der Waals surface area contributed by atoms with Gasteiger partial charge in [0.15, 0.2) is 0 Å². The molecular formula is C16H16O3S2. The van der Waals surface area contributed by atoms with Crippen LogP contribution in [-0.2, 0) is 14.3 Å². The lowest BCUT2D eigenvalue weighted by molar-refractivity contribution is 0.370. The molecule has 2 aromatic rings. The lowest BCUT2D eigenvalue weighted by Gasteiger charge is -2.07. The fourth-order valence-electron chi connectivity index (χ4n) is 1.73. The third-order valence-corrected chi connectivity index (χ3v) is 4.66. The van der Waals surface area contributed by atoms with Gasteiger partial charge >= 0.3 is 0 Å². The molecule has 0 fully saturated rings. The molecule has 5 heteroatoms. The van der Waals surface area contributed by atoms with Crippen molar-refractivity contribution in [3.8, 4) is 0 Å². The number of rotatable bonds is 5. The topological polar surface area (TPSA) is 43.4 Å².